The van der Waals surface area contributed by atoms with E-state index in [1.54, 1.807) is 0 Å². The number of hydrogen-bond acceptors (Lipinski definition) is 4. The molecule has 1 aromatic rings. The van der Waals surface area contributed by atoms with Gasteiger partial charge in [-0.25, -0.2) is 4.98 Å². The Hall–Kier alpha value is -1.85. The van der Waals surface area contributed by atoms with E-state index in [1.165, 1.54) is 12.4 Å². The van der Waals surface area contributed by atoms with E-state index in [0.717, 1.165) is 19.3 Å². The summed E-state index contributed by atoms with van der Waals surface area (Å²) in [6, 6.07) is 1.37. The Kier molecular flexibility index (Phi) is 3.12. The predicted molar refractivity (Wildman–Crippen MR) is 61.9 cm³/mol. The van der Waals surface area contributed by atoms with Crippen LogP contribution in [-0.4, -0.2) is 27.6 Å². The lowest BCUT2D eigenvalue weighted by atomic mass is 9.66. The molecule has 1 fully saturated rings. The highest BCUT2D eigenvalue weighted by Crippen LogP contribution is 2.43. The summed E-state index contributed by atoms with van der Waals surface area (Å²) in [6.45, 7) is 0.551. The number of rotatable bonds is 5. The Bertz CT molecular complexity index is 465. The molecule has 17 heavy (non-hydrogen) atoms. The lowest BCUT2D eigenvalue weighted by Crippen LogP contribution is -2.38. The molecule has 6 nitrogen and oxygen atoms in total. The van der Waals surface area contributed by atoms with E-state index in [1.807, 2.05) is 0 Å². The van der Waals surface area contributed by atoms with Gasteiger partial charge in [-0.3, -0.25) is 9.59 Å². The van der Waals surface area contributed by atoms with E-state index in [2.05, 4.69) is 15.3 Å². The van der Waals surface area contributed by atoms with E-state index in [4.69, 9.17) is 5.11 Å². The van der Waals surface area contributed by atoms with E-state index >= 15 is 0 Å². The Labute approximate surface area is 98.1 Å². The number of aliphatic carboxylic acids is 1. The van der Waals surface area contributed by atoms with Crippen molar-refractivity contribution in [3.05, 3.63) is 22.7 Å². The molecule has 92 valence electrons. The van der Waals surface area contributed by atoms with Crippen LogP contribution in [0, 0.1) is 5.41 Å². The summed E-state index contributed by atoms with van der Waals surface area (Å²) >= 11 is 0. The summed E-state index contributed by atoms with van der Waals surface area (Å²) in [4.78, 5) is 28.2. The maximum Gasteiger partial charge on any atom is 0.303 e. The van der Waals surface area contributed by atoms with Gasteiger partial charge >= 0.3 is 5.97 Å². The topological polar surface area (TPSA) is 95.1 Å². The minimum atomic E-state index is -0.773. The lowest BCUT2D eigenvalue weighted by Gasteiger charge is -2.40. The fourth-order valence-electron chi connectivity index (χ4n) is 2.16. The molecule has 0 atom stereocenters. The van der Waals surface area contributed by atoms with Crippen molar-refractivity contribution in [1.82, 2.24) is 9.97 Å². The number of carboxylic acids is 1. The van der Waals surface area contributed by atoms with Crippen molar-refractivity contribution in [1.29, 1.82) is 0 Å². The molecule has 1 aromatic heterocycles. The number of hydrogen-bond donors (Lipinski definition) is 3. The van der Waals surface area contributed by atoms with Crippen molar-refractivity contribution in [2.24, 2.45) is 5.41 Å². The van der Waals surface area contributed by atoms with Gasteiger partial charge in [-0.2, -0.15) is 0 Å². The molecule has 0 saturated heterocycles. The van der Waals surface area contributed by atoms with Gasteiger partial charge in [0.15, 0.2) is 0 Å². The van der Waals surface area contributed by atoms with Crippen LogP contribution in [0.25, 0.3) is 0 Å². The minimum absolute atomic E-state index is 0.170. The second-order valence-electron chi connectivity index (χ2n) is 4.57. The first-order valence-corrected chi connectivity index (χ1v) is 5.60. The molecule has 6 heteroatoms. The highest BCUT2D eigenvalue weighted by Gasteiger charge is 2.38. The van der Waals surface area contributed by atoms with E-state index in [-0.39, 0.29) is 17.4 Å². The van der Waals surface area contributed by atoms with Gasteiger partial charge in [0.2, 0.25) is 0 Å². The molecule has 1 heterocycles. The summed E-state index contributed by atoms with van der Waals surface area (Å²) in [7, 11) is 0. The lowest BCUT2D eigenvalue weighted by molar-refractivity contribution is -0.141. The Morgan fingerprint density at radius 2 is 2.35 bits per heavy atom. The molecule has 1 saturated carbocycles. The summed E-state index contributed by atoms with van der Waals surface area (Å²) in [5.41, 5.74) is -0.390. The molecular formula is C11H15N3O3. The number of H-pyrrole nitrogens is 1. The van der Waals surface area contributed by atoms with Gasteiger partial charge < -0.3 is 15.4 Å². The highest BCUT2D eigenvalue weighted by atomic mass is 16.4. The summed E-state index contributed by atoms with van der Waals surface area (Å²) in [6.07, 6.45) is 4.39. The maximum atomic E-state index is 11.0. The largest absolute Gasteiger partial charge is 0.481 e. The van der Waals surface area contributed by atoms with Crippen LogP contribution in [0.4, 0.5) is 5.82 Å². The molecule has 0 bridgehead atoms. The van der Waals surface area contributed by atoms with Crippen LogP contribution in [0.2, 0.25) is 0 Å². The van der Waals surface area contributed by atoms with Crippen LogP contribution in [0.15, 0.2) is 17.2 Å². The number of anilines is 1. The Balaban J connectivity index is 1.96. The first kappa shape index (κ1) is 11.6. The average molecular weight is 237 g/mol. The molecule has 0 unspecified atom stereocenters. The second kappa shape index (κ2) is 4.57. The highest BCUT2D eigenvalue weighted by molar-refractivity contribution is 5.68. The molecule has 0 amide bonds. The third-order valence-corrected chi connectivity index (χ3v) is 3.26. The summed E-state index contributed by atoms with van der Waals surface area (Å²) < 4.78 is 0. The van der Waals surface area contributed by atoms with Gasteiger partial charge in [-0.05, 0) is 18.3 Å². The van der Waals surface area contributed by atoms with Gasteiger partial charge in [-0.15, -0.1) is 0 Å². The monoisotopic (exact) mass is 237 g/mol. The van der Waals surface area contributed by atoms with Gasteiger partial charge in [0, 0.05) is 12.6 Å². The predicted octanol–water partition coefficient (Wildman–Crippen LogP) is 0.827. The molecule has 1 aliphatic carbocycles. The van der Waals surface area contributed by atoms with Crippen LogP contribution >= 0.6 is 0 Å². The molecule has 2 rings (SSSR count). The van der Waals surface area contributed by atoms with Gasteiger partial charge in [-0.1, -0.05) is 6.42 Å². The zero-order valence-corrected chi connectivity index (χ0v) is 9.40. The zero-order valence-electron chi connectivity index (χ0n) is 9.40. The number of aromatic amines is 1. The molecule has 0 spiro atoms. The maximum absolute atomic E-state index is 11.0. The fourth-order valence-corrected chi connectivity index (χ4v) is 2.16. The smallest absolute Gasteiger partial charge is 0.303 e. The van der Waals surface area contributed by atoms with Crippen LogP contribution in [0.3, 0.4) is 0 Å². The molecule has 0 aromatic carbocycles. The van der Waals surface area contributed by atoms with Crippen LogP contribution in [0.1, 0.15) is 25.7 Å². The van der Waals surface area contributed by atoms with E-state index in [9.17, 15) is 9.59 Å². The number of nitrogens with zero attached hydrogens (tertiary/aromatic N) is 1. The van der Waals surface area contributed by atoms with Gasteiger partial charge in [0.1, 0.15) is 5.82 Å². The van der Waals surface area contributed by atoms with Gasteiger partial charge in [0.05, 0.1) is 12.7 Å². The third kappa shape index (κ3) is 2.83. The SMILES string of the molecule is O=C(O)CC1(CNc2cc(=O)[nH]cn2)CCC1. The summed E-state index contributed by atoms with van der Waals surface area (Å²) in [5, 5.41) is 11.9. The standard InChI is InChI=1S/C11H15N3O3/c15-9-4-8(13-7-14-9)12-6-11(2-1-3-11)5-10(16)17/h4,7H,1-3,5-6H2,(H,16,17)(H2,12,13,14,15). The zero-order chi connectivity index (χ0) is 12.3. The second-order valence-corrected chi connectivity index (χ2v) is 4.57. The van der Waals surface area contributed by atoms with Gasteiger partial charge in [0.25, 0.3) is 5.56 Å². The van der Waals surface area contributed by atoms with Crippen molar-refractivity contribution in [2.75, 3.05) is 11.9 Å². The van der Waals surface area contributed by atoms with Crippen molar-refractivity contribution in [3.63, 3.8) is 0 Å². The van der Waals surface area contributed by atoms with Crippen LogP contribution in [-0.2, 0) is 4.79 Å². The van der Waals surface area contributed by atoms with Crippen LogP contribution in [0.5, 0.6) is 0 Å². The minimum Gasteiger partial charge on any atom is -0.481 e. The Morgan fingerprint density at radius 1 is 1.59 bits per heavy atom. The van der Waals surface area contributed by atoms with Crippen molar-refractivity contribution in [3.8, 4) is 0 Å². The molecular weight excluding hydrogens is 222 g/mol. The molecule has 1 aliphatic rings. The molecule has 0 aliphatic heterocycles. The van der Waals surface area contributed by atoms with E-state index in [0.29, 0.717) is 12.4 Å². The first-order chi connectivity index (χ1) is 8.10. The average Bonchev–Trinajstić information content (AvgIpc) is 2.21. The first-order valence-electron chi connectivity index (χ1n) is 5.60. The number of carbonyl (C=O) groups is 1. The fraction of sp³-hybridized carbons (Fsp3) is 0.545. The van der Waals surface area contributed by atoms with Crippen molar-refractivity contribution >= 4 is 11.8 Å². The number of aromatic nitrogens is 2. The third-order valence-electron chi connectivity index (χ3n) is 3.26. The van der Waals surface area contributed by atoms with Crippen LogP contribution < -0.4 is 10.9 Å². The Morgan fingerprint density at radius 3 is 2.88 bits per heavy atom. The van der Waals surface area contributed by atoms with Crippen molar-refractivity contribution < 1.29 is 9.90 Å². The van der Waals surface area contributed by atoms with E-state index < -0.39 is 5.97 Å². The molecule has 0 radical (unpaired) electrons. The molecule has 3 N–H and O–H groups in total. The number of carboxylic acid groups (broad SMARTS) is 1. The number of nitrogens with one attached hydrogen (secondary N) is 2. The summed E-state index contributed by atoms with van der Waals surface area (Å²) in [5.74, 6) is -0.282. The quantitative estimate of drug-likeness (QED) is 0.705. The normalized spacial score (nSPS) is 17.2. The van der Waals surface area contributed by atoms with Crippen molar-refractivity contribution in [2.45, 2.75) is 25.7 Å².